The highest BCUT2D eigenvalue weighted by molar-refractivity contribution is 5.94. The van der Waals surface area contributed by atoms with E-state index in [4.69, 9.17) is 9.84 Å². The lowest BCUT2D eigenvalue weighted by atomic mass is 10.0. The van der Waals surface area contributed by atoms with E-state index >= 15 is 0 Å². The van der Waals surface area contributed by atoms with E-state index in [1.165, 1.54) is 6.08 Å². The van der Waals surface area contributed by atoms with Crippen LogP contribution in [0.15, 0.2) is 30.3 Å². The number of unbranched alkanes of at least 4 members (excludes halogenated alkanes) is 1. The van der Waals surface area contributed by atoms with Crippen LogP contribution in [0.5, 0.6) is 5.75 Å². The van der Waals surface area contributed by atoms with E-state index in [2.05, 4.69) is 12.2 Å². The van der Waals surface area contributed by atoms with Crippen molar-refractivity contribution in [2.24, 2.45) is 5.92 Å². The molecular formula is C18H25NO4. The minimum absolute atomic E-state index is 0.186. The van der Waals surface area contributed by atoms with Crippen molar-refractivity contribution >= 4 is 18.0 Å². The van der Waals surface area contributed by atoms with Crippen molar-refractivity contribution in [3.05, 3.63) is 35.9 Å². The van der Waals surface area contributed by atoms with Crippen molar-refractivity contribution in [2.75, 3.05) is 6.61 Å². The molecule has 126 valence electrons. The molecule has 0 spiro atoms. The number of amides is 1. The van der Waals surface area contributed by atoms with Gasteiger partial charge >= 0.3 is 5.97 Å². The predicted octanol–water partition coefficient (Wildman–Crippen LogP) is 3.10. The minimum atomic E-state index is -1.04. The number of benzene rings is 1. The molecule has 1 aromatic rings. The van der Waals surface area contributed by atoms with Gasteiger partial charge in [0, 0.05) is 11.6 Å². The van der Waals surface area contributed by atoms with Crippen molar-refractivity contribution in [1.82, 2.24) is 5.32 Å². The average Bonchev–Trinajstić information content (AvgIpc) is 2.51. The van der Waals surface area contributed by atoms with Crippen molar-refractivity contribution in [2.45, 2.75) is 39.7 Å². The highest BCUT2D eigenvalue weighted by Crippen LogP contribution is 2.19. The third-order valence-electron chi connectivity index (χ3n) is 3.32. The highest BCUT2D eigenvalue weighted by atomic mass is 16.5. The zero-order valence-electron chi connectivity index (χ0n) is 13.9. The van der Waals surface area contributed by atoms with Crippen molar-refractivity contribution in [3.63, 3.8) is 0 Å². The zero-order valence-corrected chi connectivity index (χ0v) is 13.9. The van der Waals surface area contributed by atoms with Crippen LogP contribution < -0.4 is 10.1 Å². The predicted molar refractivity (Wildman–Crippen MR) is 90.3 cm³/mol. The SMILES string of the molecule is CCCCOc1ccccc1/C=C/C(=O)N[C@@H](C(=O)O)C(C)C. The molecule has 0 radical (unpaired) electrons. The maximum Gasteiger partial charge on any atom is 0.326 e. The first-order chi connectivity index (χ1) is 11.0. The molecule has 1 amide bonds. The van der Waals surface area contributed by atoms with Crippen LogP contribution in [0.25, 0.3) is 6.08 Å². The first-order valence-corrected chi connectivity index (χ1v) is 7.89. The number of hydrogen-bond donors (Lipinski definition) is 2. The summed E-state index contributed by atoms with van der Waals surface area (Å²) in [6, 6.07) is 6.53. The number of rotatable bonds is 9. The van der Waals surface area contributed by atoms with Crippen LogP contribution in [0.2, 0.25) is 0 Å². The third kappa shape index (κ3) is 6.55. The van der Waals surface area contributed by atoms with Crippen LogP contribution in [-0.2, 0) is 9.59 Å². The average molecular weight is 319 g/mol. The van der Waals surface area contributed by atoms with Gasteiger partial charge in [-0.2, -0.15) is 0 Å². The Morgan fingerprint density at radius 3 is 2.61 bits per heavy atom. The van der Waals surface area contributed by atoms with Crippen molar-refractivity contribution < 1.29 is 19.4 Å². The van der Waals surface area contributed by atoms with E-state index in [-0.39, 0.29) is 5.92 Å². The molecule has 1 atom stereocenters. The Balaban J connectivity index is 2.72. The molecular weight excluding hydrogens is 294 g/mol. The summed E-state index contributed by atoms with van der Waals surface area (Å²) in [4.78, 5) is 23.0. The number of hydrogen-bond acceptors (Lipinski definition) is 3. The number of carboxylic acid groups (broad SMARTS) is 1. The first-order valence-electron chi connectivity index (χ1n) is 7.89. The number of carboxylic acids is 1. The molecule has 0 aliphatic carbocycles. The molecule has 0 saturated carbocycles. The molecule has 0 fully saturated rings. The standard InChI is InChI=1S/C18H25NO4/c1-4-5-12-23-15-9-7-6-8-14(15)10-11-16(20)19-17(13(2)3)18(21)22/h6-11,13,17H,4-5,12H2,1-3H3,(H,19,20)(H,21,22)/b11-10+/t17-/m1/s1. The summed E-state index contributed by atoms with van der Waals surface area (Å²) < 4.78 is 5.69. The summed E-state index contributed by atoms with van der Waals surface area (Å²) in [6.07, 6.45) is 4.98. The molecule has 0 aromatic heterocycles. The highest BCUT2D eigenvalue weighted by Gasteiger charge is 2.22. The molecule has 1 aromatic carbocycles. The summed E-state index contributed by atoms with van der Waals surface area (Å²) in [5.41, 5.74) is 0.787. The van der Waals surface area contributed by atoms with E-state index in [1.807, 2.05) is 24.3 Å². The lowest BCUT2D eigenvalue weighted by Crippen LogP contribution is -2.43. The number of aliphatic carboxylic acids is 1. The fourth-order valence-corrected chi connectivity index (χ4v) is 1.96. The second-order valence-electron chi connectivity index (χ2n) is 5.64. The lowest BCUT2D eigenvalue weighted by molar-refractivity contribution is -0.142. The maximum atomic E-state index is 11.9. The summed E-state index contributed by atoms with van der Waals surface area (Å²) in [7, 11) is 0. The number of carbonyl (C=O) groups is 2. The molecule has 0 aliphatic rings. The molecule has 5 nitrogen and oxygen atoms in total. The van der Waals surface area contributed by atoms with Gasteiger partial charge in [-0.3, -0.25) is 4.79 Å². The van der Waals surface area contributed by atoms with Gasteiger partial charge in [0.25, 0.3) is 0 Å². The van der Waals surface area contributed by atoms with Gasteiger partial charge in [-0.25, -0.2) is 4.79 Å². The van der Waals surface area contributed by atoms with Crippen molar-refractivity contribution in [1.29, 1.82) is 0 Å². The smallest absolute Gasteiger partial charge is 0.326 e. The van der Waals surface area contributed by atoms with Gasteiger partial charge in [0.05, 0.1) is 6.61 Å². The van der Waals surface area contributed by atoms with E-state index in [9.17, 15) is 9.59 Å². The number of nitrogens with one attached hydrogen (secondary N) is 1. The van der Waals surface area contributed by atoms with E-state index in [0.29, 0.717) is 12.4 Å². The van der Waals surface area contributed by atoms with Gasteiger partial charge in [-0.05, 0) is 24.5 Å². The molecule has 2 N–H and O–H groups in total. The van der Waals surface area contributed by atoms with Gasteiger partial charge in [-0.1, -0.05) is 45.4 Å². The van der Waals surface area contributed by atoms with Crippen LogP contribution in [-0.4, -0.2) is 29.6 Å². The Hall–Kier alpha value is -2.30. The van der Waals surface area contributed by atoms with E-state index < -0.39 is 17.9 Å². The topological polar surface area (TPSA) is 75.6 Å². The molecule has 23 heavy (non-hydrogen) atoms. The Labute approximate surface area is 137 Å². The molecule has 0 saturated heterocycles. The second-order valence-corrected chi connectivity index (χ2v) is 5.64. The second kappa shape index (κ2) is 9.66. The molecule has 1 rings (SSSR count). The Kier molecular flexibility index (Phi) is 7.88. The molecule has 5 heteroatoms. The maximum absolute atomic E-state index is 11.9. The third-order valence-corrected chi connectivity index (χ3v) is 3.32. The van der Waals surface area contributed by atoms with Crippen LogP contribution in [0, 0.1) is 5.92 Å². The Morgan fingerprint density at radius 2 is 2.00 bits per heavy atom. The monoisotopic (exact) mass is 319 g/mol. The normalized spacial score (nSPS) is 12.3. The molecule has 0 bridgehead atoms. The summed E-state index contributed by atoms with van der Waals surface area (Å²) >= 11 is 0. The Bertz CT molecular complexity index is 552. The molecule has 0 heterocycles. The number of carbonyl (C=O) groups excluding carboxylic acids is 1. The fraction of sp³-hybridized carbons (Fsp3) is 0.444. The largest absolute Gasteiger partial charge is 0.493 e. The number of ether oxygens (including phenoxy) is 1. The Morgan fingerprint density at radius 1 is 1.30 bits per heavy atom. The van der Waals surface area contributed by atoms with Crippen LogP contribution in [0.1, 0.15) is 39.2 Å². The summed E-state index contributed by atoms with van der Waals surface area (Å²) in [5.74, 6) is -0.947. The van der Waals surface area contributed by atoms with Gasteiger partial charge in [0.1, 0.15) is 11.8 Å². The van der Waals surface area contributed by atoms with Gasteiger partial charge < -0.3 is 15.2 Å². The van der Waals surface area contributed by atoms with Crippen LogP contribution >= 0.6 is 0 Å². The molecule has 0 unspecified atom stereocenters. The van der Waals surface area contributed by atoms with Crippen molar-refractivity contribution in [3.8, 4) is 5.75 Å². The van der Waals surface area contributed by atoms with E-state index in [0.717, 1.165) is 18.4 Å². The summed E-state index contributed by atoms with van der Waals surface area (Å²) in [5, 5.41) is 11.6. The van der Waals surface area contributed by atoms with Crippen LogP contribution in [0.3, 0.4) is 0 Å². The molecule has 0 aliphatic heterocycles. The lowest BCUT2D eigenvalue weighted by Gasteiger charge is -2.16. The van der Waals surface area contributed by atoms with Crippen LogP contribution in [0.4, 0.5) is 0 Å². The first kappa shape index (κ1) is 18.7. The number of para-hydroxylation sites is 1. The zero-order chi connectivity index (χ0) is 17.2. The summed E-state index contributed by atoms with van der Waals surface area (Å²) in [6.45, 7) is 6.22. The van der Waals surface area contributed by atoms with E-state index in [1.54, 1.807) is 19.9 Å². The van der Waals surface area contributed by atoms with Gasteiger partial charge in [0.15, 0.2) is 0 Å². The van der Waals surface area contributed by atoms with Gasteiger partial charge in [-0.15, -0.1) is 0 Å². The van der Waals surface area contributed by atoms with Gasteiger partial charge in [0.2, 0.25) is 5.91 Å². The quantitative estimate of drug-likeness (QED) is 0.542. The fourth-order valence-electron chi connectivity index (χ4n) is 1.96. The minimum Gasteiger partial charge on any atom is -0.493 e.